The van der Waals surface area contributed by atoms with Gasteiger partial charge in [-0.05, 0) is 11.6 Å². The summed E-state index contributed by atoms with van der Waals surface area (Å²) < 4.78 is 1.72. The zero-order valence-electron chi connectivity index (χ0n) is 11.2. The molecule has 5 nitrogen and oxygen atoms in total. The summed E-state index contributed by atoms with van der Waals surface area (Å²) in [4.78, 5) is 23.3. The van der Waals surface area contributed by atoms with Gasteiger partial charge in [-0.1, -0.05) is 30.3 Å². The molecular formula is C15H16N2O3. The predicted molar refractivity (Wildman–Crippen MR) is 73.5 cm³/mol. The number of ketones is 1. The Morgan fingerprint density at radius 1 is 1.20 bits per heavy atom. The number of amides is 1. The van der Waals surface area contributed by atoms with Crippen LogP contribution in [0.1, 0.15) is 21.6 Å². The fourth-order valence-corrected chi connectivity index (χ4v) is 2.03. The molecule has 0 aliphatic heterocycles. The minimum Gasteiger partial charge on any atom is -0.353 e. The number of hydrogen-bond acceptors (Lipinski definition) is 3. The number of benzene rings is 1. The Hall–Kier alpha value is -2.40. The van der Waals surface area contributed by atoms with Crippen LogP contribution >= 0.6 is 0 Å². The maximum Gasteiger partial charge on any atom is 0.249 e. The molecule has 0 fully saturated rings. The number of rotatable bonds is 5. The van der Waals surface area contributed by atoms with Crippen molar-refractivity contribution in [2.24, 2.45) is 7.05 Å². The molecule has 0 saturated heterocycles. The minimum atomic E-state index is -0.506. The van der Waals surface area contributed by atoms with E-state index >= 15 is 0 Å². The number of aryl methyl sites for hydroxylation is 1. The summed E-state index contributed by atoms with van der Waals surface area (Å²) in [6.07, 6.45) is 2.06. The second-order valence-electron chi connectivity index (χ2n) is 4.63. The minimum absolute atomic E-state index is 0.00227. The summed E-state index contributed by atoms with van der Waals surface area (Å²) in [5.41, 5.74) is 3.78. The highest BCUT2D eigenvalue weighted by molar-refractivity contribution is 5.97. The molecule has 1 amide bonds. The summed E-state index contributed by atoms with van der Waals surface area (Å²) in [6, 6.07) is 11.2. The van der Waals surface area contributed by atoms with Crippen LogP contribution in [0, 0.1) is 0 Å². The van der Waals surface area contributed by atoms with Gasteiger partial charge in [0, 0.05) is 30.9 Å². The summed E-state index contributed by atoms with van der Waals surface area (Å²) in [6.45, 7) is 0. The Balaban J connectivity index is 2.11. The maximum absolute atomic E-state index is 12.2. The molecule has 0 unspecified atom stereocenters. The van der Waals surface area contributed by atoms with E-state index in [9.17, 15) is 9.59 Å². The Morgan fingerprint density at radius 2 is 1.90 bits per heavy atom. The van der Waals surface area contributed by atoms with Crippen molar-refractivity contribution >= 4 is 11.7 Å². The lowest BCUT2D eigenvalue weighted by Gasteiger charge is -1.99. The third-order valence-corrected chi connectivity index (χ3v) is 3.10. The van der Waals surface area contributed by atoms with Gasteiger partial charge in [-0.2, -0.15) is 0 Å². The smallest absolute Gasteiger partial charge is 0.249 e. The fraction of sp³-hybridized carbons (Fsp3) is 0.200. The maximum atomic E-state index is 12.2. The van der Waals surface area contributed by atoms with Crippen molar-refractivity contribution in [1.29, 1.82) is 0 Å². The monoisotopic (exact) mass is 272 g/mol. The predicted octanol–water partition coefficient (Wildman–Crippen LogP) is 1.50. The zero-order chi connectivity index (χ0) is 14.5. The van der Waals surface area contributed by atoms with Gasteiger partial charge in [0.1, 0.15) is 0 Å². The van der Waals surface area contributed by atoms with Crippen molar-refractivity contribution in [3.8, 4) is 0 Å². The van der Waals surface area contributed by atoms with Crippen molar-refractivity contribution in [3.63, 3.8) is 0 Å². The van der Waals surface area contributed by atoms with Crippen molar-refractivity contribution in [3.05, 3.63) is 59.4 Å². The van der Waals surface area contributed by atoms with Crippen LogP contribution in [-0.2, 0) is 24.7 Å². The van der Waals surface area contributed by atoms with E-state index < -0.39 is 5.91 Å². The average molecular weight is 272 g/mol. The van der Waals surface area contributed by atoms with E-state index in [-0.39, 0.29) is 12.2 Å². The first-order chi connectivity index (χ1) is 9.60. The van der Waals surface area contributed by atoms with Gasteiger partial charge in [-0.15, -0.1) is 0 Å². The largest absolute Gasteiger partial charge is 0.353 e. The number of carbonyl (C=O) groups excluding carboxylic acids is 2. The van der Waals surface area contributed by atoms with E-state index in [1.807, 2.05) is 30.3 Å². The molecule has 0 atom stereocenters. The molecule has 104 valence electrons. The summed E-state index contributed by atoms with van der Waals surface area (Å²) in [5, 5.41) is 8.52. The van der Waals surface area contributed by atoms with Crippen LogP contribution in [0.4, 0.5) is 0 Å². The number of aromatic nitrogens is 1. The third kappa shape index (κ3) is 3.33. The highest BCUT2D eigenvalue weighted by atomic mass is 16.5. The van der Waals surface area contributed by atoms with Crippen LogP contribution in [0.15, 0.2) is 42.6 Å². The Bertz CT molecular complexity index is 617. The number of carbonyl (C=O) groups is 2. The third-order valence-electron chi connectivity index (χ3n) is 3.10. The number of hydrogen-bond donors (Lipinski definition) is 2. The first-order valence-electron chi connectivity index (χ1n) is 6.25. The van der Waals surface area contributed by atoms with E-state index in [1.165, 1.54) is 0 Å². The van der Waals surface area contributed by atoms with Crippen LogP contribution in [0.25, 0.3) is 0 Å². The lowest BCUT2D eigenvalue weighted by Crippen LogP contribution is -2.21. The number of nitrogens with one attached hydrogen (secondary N) is 1. The highest BCUT2D eigenvalue weighted by Gasteiger charge is 2.13. The summed E-state index contributed by atoms with van der Waals surface area (Å²) in [7, 11) is 1.76. The van der Waals surface area contributed by atoms with E-state index in [1.54, 1.807) is 29.4 Å². The SMILES string of the molecule is Cn1cc(C(=O)Cc2ccccc2)cc1CC(=O)NO. The summed E-state index contributed by atoms with van der Waals surface area (Å²) >= 11 is 0. The molecule has 1 aromatic heterocycles. The van der Waals surface area contributed by atoms with Crippen LogP contribution in [-0.4, -0.2) is 21.5 Å². The van der Waals surface area contributed by atoms with Gasteiger partial charge >= 0.3 is 0 Å². The topological polar surface area (TPSA) is 71.3 Å². The average Bonchev–Trinajstić information content (AvgIpc) is 2.81. The van der Waals surface area contributed by atoms with Crippen LogP contribution < -0.4 is 5.48 Å². The van der Waals surface area contributed by atoms with Crippen molar-refractivity contribution in [2.45, 2.75) is 12.8 Å². The van der Waals surface area contributed by atoms with Gasteiger partial charge in [-0.3, -0.25) is 14.8 Å². The van der Waals surface area contributed by atoms with Gasteiger partial charge in [0.05, 0.1) is 6.42 Å². The Labute approximate surface area is 116 Å². The van der Waals surface area contributed by atoms with Crippen LogP contribution in [0.3, 0.4) is 0 Å². The first-order valence-corrected chi connectivity index (χ1v) is 6.25. The highest BCUT2D eigenvalue weighted by Crippen LogP contribution is 2.12. The Morgan fingerprint density at radius 3 is 2.55 bits per heavy atom. The molecule has 2 N–H and O–H groups in total. The number of Topliss-reactive ketones (excluding diaryl/α,β-unsaturated/α-hetero) is 1. The second kappa shape index (κ2) is 6.16. The molecule has 0 bridgehead atoms. The van der Waals surface area contributed by atoms with E-state index in [4.69, 9.17) is 5.21 Å². The lowest BCUT2D eigenvalue weighted by molar-refractivity contribution is -0.128. The molecule has 1 heterocycles. The molecule has 20 heavy (non-hydrogen) atoms. The van der Waals surface area contributed by atoms with Gasteiger partial charge in [0.15, 0.2) is 5.78 Å². The molecule has 0 radical (unpaired) electrons. The normalized spacial score (nSPS) is 10.3. The van der Waals surface area contributed by atoms with Crippen molar-refractivity contribution in [1.82, 2.24) is 10.0 Å². The molecule has 0 aliphatic rings. The lowest BCUT2D eigenvalue weighted by atomic mass is 10.1. The molecule has 0 saturated carbocycles. The van der Waals surface area contributed by atoms with Crippen LogP contribution in [0.2, 0.25) is 0 Å². The fourth-order valence-electron chi connectivity index (χ4n) is 2.03. The zero-order valence-corrected chi connectivity index (χ0v) is 11.2. The quantitative estimate of drug-likeness (QED) is 0.492. The number of hydroxylamine groups is 1. The number of nitrogens with zero attached hydrogens (tertiary/aromatic N) is 1. The molecular weight excluding hydrogens is 256 g/mol. The second-order valence-corrected chi connectivity index (χ2v) is 4.63. The molecule has 2 aromatic rings. The van der Waals surface area contributed by atoms with Gasteiger partial charge in [0.2, 0.25) is 5.91 Å². The van der Waals surface area contributed by atoms with Crippen molar-refractivity contribution in [2.75, 3.05) is 0 Å². The molecule has 5 heteroatoms. The first kappa shape index (κ1) is 14.0. The molecule has 2 rings (SSSR count). The molecule has 0 aliphatic carbocycles. The Kier molecular flexibility index (Phi) is 4.32. The van der Waals surface area contributed by atoms with Crippen molar-refractivity contribution < 1.29 is 14.8 Å². The van der Waals surface area contributed by atoms with Crippen LogP contribution in [0.5, 0.6) is 0 Å². The summed E-state index contributed by atoms with van der Waals surface area (Å²) in [5.74, 6) is -0.504. The van der Waals surface area contributed by atoms with E-state index in [2.05, 4.69) is 0 Å². The van der Waals surface area contributed by atoms with E-state index in [0.717, 1.165) is 5.56 Å². The van der Waals surface area contributed by atoms with Gasteiger partial charge in [0.25, 0.3) is 0 Å². The van der Waals surface area contributed by atoms with E-state index in [0.29, 0.717) is 17.7 Å². The standard InChI is InChI=1S/C15H16N2O3/c1-17-10-12(8-13(17)9-15(19)16-20)14(18)7-11-5-3-2-4-6-11/h2-6,8,10,20H,7,9H2,1H3,(H,16,19). The van der Waals surface area contributed by atoms with Gasteiger partial charge in [-0.25, -0.2) is 5.48 Å². The molecule has 1 aromatic carbocycles. The van der Waals surface area contributed by atoms with Gasteiger partial charge < -0.3 is 4.57 Å². The molecule has 0 spiro atoms.